The van der Waals surface area contributed by atoms with E-state index in [0.717, 1.165) is 11.1 Å². The van der Waals surface area contributed by atoms with Gasteiger partial charge in [0.05, 0.1) is 17.0 Å². The van der Waals surface area contributed by atoms with Gasteiger partial charge in [0.1, 0.15) is 0 Å². The quantitative estimate of drug-likeness (QED) is 0.841. The van der Waals surface area contributed by atoms with E-state index in [4.69, 9.17) is 0 Å². The summed E-state index contributed by atoms with van der Waals surface area (Å²) in [5, 5.41) is 9.46. The van der Waals surface area contributed by atoms with E-state index in [9.17, 15) is 13.5 Å². The summed E-state index contributed by atoms with van der Waals surface area (Å²) in [4.78, 5) is 0.246. The van der Waals surface area contributed by atoms with E-state index in [0.29, 0.717) is 12.8 Å². The number of benzene rings is 1. The number of hydrogen-bond acceptors (Lipinski definition) is 3. The molecule has 4 nitrogen and oxygen atoms in total. The molecule has 0 amide bonds. The van der Waals surface area contributed by atoms with Gasteiger partial charge in [0.2, 0.25) is 10.0 Å². The van der Waals surface area contributed by atoms with Crippen LogP contribution in [0.15, 0.2) is 23.1 Å². The molecule has 2 N–H and O–H groups in total. The highest BCUT2D eigenvalue weighted by Crippen LogP contribution is 2.20. The van der Waals surface area contributed by atoms with Crippen molar-refractivity contribution in [3.63, 3.8) is 0 Å². The van der Waals surface area contributed by atoms with Gasteiger partial charge in [-0.3, -0.25) is 0 Å². The number of aliphatic hydroxyl groups is 1. The van der Waals surface area contributed by atoms with E-state index < -0.39 is 15.6 Å². The molecule has 0 fully saturated rings. The Morgan fingerprint density at radius 2 is 1.74 bits per heavy atom. The van der Waals surface area contributed by atoms with E-state index in [1.54, 1.807) is 18.2 Å². The van der Waals surface area contributed by atoms with Crippen LogP contribution < -0.4 is 4.72 Å². The van der Waals surface area contributed by atoms with Crippen molar-refractivity contribution < 1.29 is 13.5 Å². The molecule has 0 saturated heterocycles. The van der Waals surface area contributed by atoms with E-state index in [-0.39, 0.29) is 11.5 Å². The Morgan fingerprint density at radius 1 is 1.16 bits per heavy atom. The zero-order valence-corrected chi connectivity index (χ0v) is 12.8. The predicted molar refractivity (Wildman–Crippen MR) is 76.6 cm³/mol. The third-order valence-electron chi connectivity index (χ3n) is 3.80. The lowest BCUT2D eigenvalue weighted by Gasteiger charge is -2.30. The van der Waals surface area contributed by atoms with Crippen LogP contribution in [-0.2, 0) is 10.0 Å². The van der Waals surface area contributed by atoms with Crippen LogP contribution in [0.5, 0.6) is 0 Å². The Labute approximate surface area is 115 Å². The van der Waals surface area contributed by atoms with Gasteiger partial charge < -0.3 is 5.11 Å². The molecule has 1 rings (SSSR count). The first-order valence-corrected chi connectivity index (χ1v) is 8.00. The molecule has 0 saturated carbocycles. The summed E-state index contributed by atoms with van der Waals surface area (Å²) in [6.45, 7) is 7.35. The second-order valence-electron chi connectivity index (χ2n) is 5.00. The molecule has 108 valence electrons. The van der Waals surface area contributed by atoms with Crippen molar-refractivity contribution in [1.29, 1.82) is 0 Å². The lowest BCUT2D eigenvalue weighted by atomic mass is 9.96. The fourth-order valence-corrected chi connectivity index (χ4v) is 3.50. The van der Waals surface area contributed by atoms with Crippen molar-refractivity contribution in [2.75, 3.05) is 6.61 Å². The third kappa shape index (κ3) is 3.55. The molecule has 1 aromatic carbocycles. The van der Waals surface area contributed by atoms with Crippen LogP contribution in [0.2, 0.25) is 0 Å². The average molecular weight is 285 g/mol. The Morgan fingerprint density at radius 3 is 2.16 bits per heavy atom. The molecule has 0 aliphatic rings. The fraction of sp³-hybridized carbons (Fsp3) is 0.571. The monoisotopic (exact) mass is 285 g/mol. The molecule has 0 heterocycles. The number of rotatable bonds is 6. The minimum atomic E-state index is -3.60. The lowest BCUT2D eigenvalue weighted by molar-refractivity contribution is 0.172. The van der Waals surface area contributed by atoms with Crippen molar-refractivity contribution in [3.8, 4) is 0 Å². The van der Waals surface area contributed by atoms with Gasteiger partial charge in [0.25, 0.3) is 0 Å². The third-order valence-corrected chi connectivity index (χ3v) is 5.37. The maximum absolute atomic E-state index is 12.4. The molecule has 19 heavy (non-hydrogen) atoms. The summed E-state index contributed by atoms with van der Waals surface area (Å²) in [6.07, 6.45) is 1.09. The van der Waals surface area contributed by atoms with E-state index in [1.165, 1.54) is 0 Å². The molecule has 0 aliphatic heterocycles. The van der Waals surface area contributed by atoms with Crippen molar-refractivity contribution in [1.82, 2.24) is 4.72 Å². The highest BCUT2D eigenvalue weighted by atomic mass is 32.2. The Kier molecular flexibility index (Phi) is 5.12. The number of hydrogen-bond donors (Lipinski definition) is 2. The van der Waals surface area contributed by atoms with Crippen LogP contribution in [0.4, 0.5) is 0 Å². The van der Waals surface area contributed by atoms with E-state index in [1.807, 2.05) is 27.7 Å². The maximum atomic E-state index is 12.4. The summed E-state index contributed by atoms with van der Waals surface area (Å²) in [6, 6.07) is 5.05. The van der Waals surface area contributed by atoms with Gasteiger partial charge in [0, 0.05) is 0 Å². The van der Waals surface area contributed by atoms with Gasteiger partial charge in [-0.05, 0) is 49.9 Å². The van der Waals surface area contributed by atoms with Gasteiger partial charge in [0.15, 0.2) is 0 Å². The van der Waals surface area contributed by atoms with Crippen molar-refractivity contribution >= 4 is 10.0 Å². The predicted octanol–water partition coefficient (Wildman–Crippen LogP) is 2.13. The molecule has 0 radical (unpaired) electrons. The highest BCUT2D eigenvalue weighted by molar-refractivity contribution is 7.89. The first-order chi connectivity index (χ1) is 8.80. The molecule has 5 heteroatoms. The summed E-state index contributed by atoms with van der Waals surface area (Å²) in [5.74, 6) is 0. The van der Waals surface area contributed by atoms with Crippen LogP contribution in [0.25, 0.3) is 0 Å². The van der Waals surface area contributed by atoms with Gasteiger partial charge in [-0.25, -0.2) is 13.1 Å². The normalized spacial score (nSPS) is 12.7. The molecule has 0 unspecified atom stereocenters. The fourth-order valence-electron chi connectivity index (χ4n) is 1.88. The lowest BCUT2D eigenvalue weighted by Crippen LogP contribution is -2.50. The molecule has 0 aliphatic carbocycles. The minimum Gasteiger partial charge on any atom is -0.394 e. The molecule has 0 atom stereocenters. The first kappa shape index (κ1) is 16.1. The van der Waals surface area contributed by atoms with E-state index in [2.05, 4.69) is 4.72 Å². The number of sulfonamides is 1. The topological polar surface area (TPSA) is 66.4 Å². The molecule has 0 aromatic heterocycles. The number of aliphatic hydroxyl groups excluding tert-OH is 1. The van der Waals surface area contributed by atoms with Gasteiger partial charge >= 0.3 is 0 Å². The zero-order chi connectivity index (χ0) is 14.7. The first-order valence-electron chi connectivity index (χ1n) is 6.52. The second kappa shape index (κ2) is 6.03. The van der Waals surface area contributed by atoms with Crippen LogP contribution >= 0.6 is 0 Å². The minimum absolute atomic E-state index is 0.204. The van der Waals surface area contributed by atoms with Crippen LogP contribution in [0.3, 0.4) is 0 Å². The summed E-state index contributed by atoms with van der Waals surface area (Å²) in [5.41, 5.74) is 1.21. The Bertz CT molecular complexity index is 525. The summed E-state index contributed by atoms with van der Waals surface area (Å²) in [7, 11) is -3.60. The van der Waals surface area contributed by atoms with E-state index >= 15 is 0 Å². The molecular weight excluding hydrogens is 262 g/mol. The standard InChI is InChI=1S/C14H23NO3S/c1-5-14(6-2,10-16)15-19(17,18)13-8-7-11(3)12(4)9-13/h7-9,15-16H,5-6,10H2,1-4H3. The average Bonchev–Trinajstić information content (AvgIpc) is 2.39. The van der Waals surface area contributed by atoms with Crippen molar-refractivity contribution in [2.45, 2.75) is 51.0 Å². The van der Waals surface area contributed by atoms with Crippen LogP contribution in [0.1, 0.15) is 37.8 Å². The maximum Gasteiger partial charge on any atom is 0.241 e. The molecular formula is C14H23NO3S. The summed E-state index contributed by atoms with van der Waals surface area (Å²) < 4.78 is 27.4. The van der Waals surface area contributed by atoms with Gasteiger partial charge in [-0.1, -0.05) is 19.9 Å². The molecule has 0 spiro atoms. The van der Waals surface area contributed by atoms with Crippen molar-refractivity contribution in [3.05, 3.63) is 29.3 Å². The summed E-state index contributed by atoms with van der Waals surface area (Å²) >= 11 is 0. The van der Waals surface area contributed by atoms with Crippen molar-refractivity contribution in [2.24, 2.45) is 0 Å². The van der Waals surface area contributed by atoms with Gasteiger partial charge in [-0.2, -0.15) is 0 Å². The highest BCUT2D eigenvalue weighted by Gasteiger charge is 2.31. The Hall–Kier alpha value is -0.910. The number of aryl methyl sites for hydroxylation is 2. The smallest absolute Gasteiger partial charge is 0.241 e. The SMILES string of the molecule is CCC(CC)(CO)NS(=O)(=O)c1ccc(C)c(C)c1. The number of nitrogens with one attached hydrogen (secondary N) is 1. The van der Waals surface area contributed by atoms with Gasteiger partial charge in [-0.15, -0.1) is 0 Å². The van der Waals surface area contributed by atoms with Crippen LogP contribution in [-0.4, -0.2) is 25.7 Å². The zero-order valence-electron chi connectivity index (χ0n) is 12.0. The molecule has 0 bridgehead atoms. The molecule has 1 aromatic rings. The second-order valence-corrected chi connectivity index (χ2v) is 6.68. The Balaban J connectivity index is 3.14. The largest absolute Gasteiger partial charge is 0.394 e. The van der Waals surface area contributed by atoms with Crippen LogP contribution in [0, 0.1) is 13.8 Å².